The highest BCUT2D eigenvalue weighted by Gasteiger charge is 2.36. The first-order valence-corrected chi connectivity index (χ1v) is 8.22. The van der Waals surface area contributed by atoms with E-state index in [1.54, 1.807) is 0 Å². The third-order valence-corrected chi connectivity index (χ3v) is 4.68. The van der Waals surface area contributed by atoms with Gasteiger partial charge in [-0.15, -0.1) is 0 Å². The third-order valence-electron chi connectivity index (χ3n) is 4.68. The van der Waals surface area contributed by atoms with Gasteiger partial charge in [0.25, 0.3) is 0 Å². The second kappa shape index (κ2) is 7.23. The number of benzene rings is 1. The summed E-state index contributed by atoms with van der Waals surface area (Å²) in [6, 6.07) is 6.25. The van der Waals surface area contributed by atoms with Gasteiger partial charge in [0, 0.05) is 12.0 Å². The average Bonchev–Trinajstić information content (AvgIpc) is 2.94. The normalized spacial score (nSPS) is 18.4. The van der Waals surface area contributed by atoms with Gasteiger partial charge in [-0.1, -0.05) is 38.8 Å². The minimum Gasteiger partial charge on any atom is -0.354 e. The lowest BCUT2D eigenvalue weighted by molar-refractivity contribution is -0.123. The predicted octanol–water partition coefficient (Wildman–Crippen LogP) is 3.13. The zero-order valence-corrected chi connectivity index (χ0v) is 13.6. The van der Waals surface area contributed by atoms with Crippen LogP contribution in [0.5, 0.6) is 0 Å². The van der Waals surface area contributed by atoms with Gasteiger partial charge in [-0.25, -0.2) is 4.39 Å². The first kappa shape index (κ1) is 16.9. The Hall–Kier alpha value is -1.42. The summed E-state index contributed by atoms with van der Waals surface area (Å²) in [5.41, 5.74) is 6.99. The Morgan fingerprint density at radius 1 is 1.27 bits per heavy atom. The van der Waals surface area contributed by atoms with Crippen molar-refractivity contribution < 1.29 is 9.18 Å². The molecule has 1 aliphatic rings. The first-order valence-electron chi connectivity index (χ1n) is 8.22. The zero-order chi connectivity index (χ0) is 16.2. The van der Waals surface area contributed by atoms with Crippen LogP contribution in [0.3, 0.4) is 0 Å². The van der Waals surface area contributed by atoms with Crippen molar-refractivity contribution in [2.75, 3.05) is 6.54 Å². The topological polar surface area (TPSA) is 55.1 Å². The van der Waals surface area contributed by atoms with Crippen molar-refractivity contribution in [3.05, 3.63) is 35.6 Å². The molecule has 1 amide bonds. The molecule has 1 aliphatic carbocycles. The summed E-state index contributed by atoms with van der Waals surface area (Å²) in [5.74, 6) is 0.0975. The largest absolute Gasteiger partial charge is 0.354 e. The molecule has 1 saturated carbocycles. The van der Waals surface area contributed by atoms with Crippen molar-refractivity contribution in [1.29, 1.82) is 0 Å². The first-order chi connectivity index (χ1) is 10.4. The molecule has 3 nitrogen and oxygen atoms in total. The van der Waals surface area contributed by atoms with Gasteiger partial charge in [-0.3, -0.25) is 4.79 Å². The fraction of sp³-hybridized carbons (Fsp3) is 0.611. The highest BCUT2D eigenvalue weighted by atomic mass is 19.1. The molecule has 0 unspecified atom stereocenters. The number of nitrogens with two attached hydrogens (primary N) is 1. The van der Waals surface area contributed by atoms with E-state index in [4.69, 9.17) is 5.73 Å². The Bertz CT molecular complexity index is 492. The number of amides is 1. The molecule has 1 aromatic carbocycles. The summed E-state index contributed by atoms with van der Waals surface area (Å²) in [6.45, 7) is 4.71. The van der Waals surface area contributed by atoms with Crippen LogP contribution in [-0.2, 0) is 10.2 Å². The van der Waals surface area contributed by atoms with Crippen LogP contribution >= 0.6 is 0 Å². The average molecular weight is 306 g/mol. The van der Waals surface area contributed by atoms with Crippen LogP contribution in [0.1, 0.15) is 51.5 Å². The number of carbonyl (C=O) groups is 1. The molecular weight excluding hydrogens is 279 g/mol. The molecule has 0 aromatic heterocycles. The van der Waals surface area contributed by atoms with Crippen LogP contribution in [0.4, 0.5) is 4.39 Å². The van der Waals surface area contributed by atoms with Crippen LogP contribution < -0.4 is 11.1 Å². The molecule has 3 N–H and O–H groups in total. The standard InChI is InChI=1S/C18H27FN2O/c1-13(2)11-16(20)17(22)21-12-18(9-3-4-10-18)14-5-7-15(19)8-6-14/h5-8,13,16H,3-4,9-12,20H2,1-2H3,(H,21,22)/t16-/m0/s1. The second-order valence-corrected chi connectivity index (χ2v) is 6.95. The van der Waals surface area contributed by atoms with Gasteiger partial charge in [0.05, 0.1) is 6.04 Å². The number of carbonyl (C=O) groups excluding carboxylic acids is 1. The van der Waals surface area contributed by atoms with Gasteiger partial charge >= 0.3 is 0 Å². The summed E-state index contributed by atoms with van der Waals surface area (Å²) in [6.07, 6.45) is 5.03. The number of hydrogen-bond acceptors (Lipinski definition) is 2. The van der Waals surface area contributed by atoms with Crippen LogP contribution in [0.25, 0.3) is 0 Å². The van der Waals surface area contributed by atoms with Crippen molar-refractivity contribution in [3.63, 3.8) is 0 Å². The monoisotopic (exact) mass is 306 g/mol. The minimum absolute atomic E-state index is 0.0685. The molecule has 1 fully saturated rings. The van der Waals surface area contributed by atoms with E-state index < -0.39 is 6.04 Å². The smallest absolute Gasteiger partial charge is 0.236 e. The predicted molar refractivity (Wildman–Crippen MR) is 87.0 cm³/mol. The molecule has 0 saturated heterocycles. The van der Waals surface area contributed by atoms with E-state index in [1.165, 1.54) is 12.1 Å². The fourth-order valence-electron chi connectivity index (χ4n) is 3.43. The second-order valence-electron chi connectivity index (χ2n) is 6.95. The molecule has 22 heavy (non-hydrogen) atoms. The minimum atomic E-state index is -0.452. The molecule has 2 rings (SSSR count). The maximum Gasteiger partial charge on any atom is 0.236 e. The van der Waals surface area contributed by atoms with E-state index in [0.717, 1.165) is 31.2 Å². The van der Waals surface area contributed by atoms with Crippen LogP contribution in [0.15, 0.2) is 24.3 Å². The number of hydrogen-bond donors (Lipinski definition) is 2. The Morgan fingerprint density at radius 2 is 1.86 bits per heavy atom. The van der Waals surface area contributed by atoms with Gasteiger partial charge in [0.1, 0.15) is 5.82 Å². The van der Waals surface area contributed by atoms with Crippen molar-refractivity contribution in [2.45, 2.75) is 57.4 Å². The van der Waals surface area contributed by atoms with Gasteiger partial charge in [0.2, 0.25) is 5.91 Å². The summed E-state index contributed by atoms with van der Waals surface area (Å²) >= 11 is 0. The summed E-state index contributed by atoms with van der Waals surface area (Å²) in [4.78, 5) is 12.2. The molecule has 0 bridgehead atoms. The Kier molecular flexibility index (Phi) is 5.57. The van der Waals surface area contributed by atoms with E-state index >= 15 is 0 Å². The molecule has 122 valence electrons. The molecule has 1 aromatic rings. The number of rotatable bonds is 6. The summed E-state index contributed by atoms with van der Waals surface area (Å²) in [7, 11) is 0. The van der Waals surface area contributed by atoms with E-state index in [9.17, 15) is 9.18 Å². The van der Waals surface area contributed by atoms with Crippen molar-refractivity contribution in [1.82, 2.24) is 5.32 Å². The molecular formula is C18H27FN2O. The van der Waals surface area contributed by atoms with E-state index in [0.29, 0.717) is 18.9 Å². The number of nitrogens with one attached hydrogen (secondary N) is 1. The Morgan fingerprint density at radius 3 is 2.41 bits per heavy atom. The lowest BCUT2D eigenvalue weighted by atomic mass is 9.78. The maximum atomic E-state index is 13.2. The SMILES string of the molecule is CC(C)C[C@H](N)C(=O)NCC1(c2ccc(F)cc2)CCCC1. The number of halogens is 1. The van der Waals surface area contributed by atoms with E-state index in [-0.39, 0.29) is 17.1 Å². The zero-order valence-electron chi connectivity index (χ0n) is 13.6. The van der Waals surface area contributed by atoms with Gasteiger partial charge in [-0.05, 0) is 42.9 Å². The lowest BCUT2D eigenvalue weighted by Crippen LogP contribution is -2.46. The summed E-state index contributed by atoms with van der Waals surface area (Å²) in [5, 5.41) is 3.03. The van der Waals surface area contributed by atoms with Crippen molar-refractivity contribution in [3.8, 4) is 0 Å². The quantitative estimate of drug-likeness (QED) is 0.848. The Balaban J connectivity index is 2.03. The third kappa shape index (κ3) is 4.07. The molecule has 0 spiro atoms. The molecule has 1 atom stereocenters. The van der Waals surface area contributed by atoms with Crippen LogP contribution in [0, 0.1) is 11.7 Å². The van der Waals surface area contributed by atoms with Crippen LogP contribution in [0.2, 0.25) is 0 Å². The Labute approximate surface area is 132 Å². The van der Waals surface area contributed by atoms with Gasteiger partial charge < -0.3 is 11.1 Å². The van der Waals surface area contributed by atoms with Crippen LogP contribution in [-0.4, -0.2) is 18.5 Å². The van der Waals surface area contributed by atoms with E-state index in [2.05, 4.69) is 19.2 Å². The molecule has 0 heterocycles. The maximum absolute atomic E-state index is 13.2. The molecule has 4 heteroatoms. The van der Waals surface area contributed by atoms with Gasteiger partial charge in [-0.2, -0.15) is 0 Å². The molecule has 0 radical (unpaired) electrons. The van der Waals surface area contributed by atoms with Gasteiger partial charge in [0.15, 0.2) is 0 Å². The van der Waals surface area contributed by atoms with Crippen molar-refractivity contribution >= 4 is 5.91 Å². The lowest BCUT2D eigenvalue weighted by Gasteiger charge is -2.30. The highest BCUT2D eigenvalue weighted by Crippen LogP contribution is 2.40. The summed E-state index contributed by atoms with van der Waals surface area (Å²) < 4.78 is 13.2. The fourth-order valence-corrected chi connectivity index (χ4v) is 3.43. The highest BCUT2D eigenvalue weighted by molar-refractivity contribution is 5.81. The van der Waals surface area contributed by atoms with E-state index in [1.807, 2.05) is 12.1 Å². The van der Waals surface area contributed by atoms with Crippen molar-refractivity contribution in [2.24, 2.45) is 11.7 Å². The molecule has 0 aliphatic heterocycles.